The molecule has 1 aromatic heterocycles. The van der Waals surface area contributed by atoms with Crippen molar-refractivity contribution in [1.29, 1.82) is 0 Å². The number of nitrogens with zero attached hydrogens (tertiary/aromatic N) is 1. The van der Waals surface area contributed by atoms with E-state index < -0.39 is 0 Å². The Morgan fingerprint density at radius 1 is 1.42 bits per heavy atom. The number of amides is 1. The van der Waals surface area contributed by atoms with Crippen molar-refractivity contribution in [3.05, 3.63) is 24.5 Å². The van der Waals surface area contributed by atoms with Crippen LogP contribution in [0.5, 0.6) is 0 Å². The Kier molecular flexibility index (Phi) is 3.67. The number of hydrogen-bond donors (Lipinski definition) is 1. The molecule has 1 amide bonds. The Balaban J connectivity index is 2.15. The number of carbonyl (C=O) groups excluding carboxylic acids is 1. The normalized spacial score (nSPS) is 9.75. The van der Waals surface area contributed by atoms with Crippen LogP contribution in [0.4, 0.5) is 0 Å². The molecule has 0 saturated heterocycles. The molecule has 3 nitrogen and oxygen atoms in total. The topological polar surface area (TPSA) is 34.0 Å². The summed E-state index contributed by atoms with van der Waals surface area (Å²) in [5, 5.41) is 2.68. The van der Waals surface area contributed by atoms with E-state index >= 15 is 0 Å². The molecular weight excluding hydrogens is 176 g/mol. The molecule has 0 unspecified atom stereocenters. The summed E-state index contributed by atoms with van der Waals surface area (Å²) in [5.41, 5.74) is 0. The van der Waals surface area contributed by atoms with Crippen molar-refractivity contribution in [1.82, 2.24) is 9.88 Å². The van der Waals surface area contributed by atoms with Crippen molar-refractivity contribution in [3.63, 3.8) is 0 Å². The standard InChI is InChI=1S/C8H11ClN2O/c9-7-8(12)10-3-6-11-4-1-2-5-11/h1-2,4-5H,3,6-7H2,(H,10,12). The monoisotopic (exact) mass is 186 g/mol. The second-order valence-corrected chi connectivity index (χ2v) is 2.67. The van der Waals surface area contributed by atoms with Crippen molar-refractivity contribution in [2.75, 3.05) is 12.4 Å². The van der Waals surface area contributed by atoms with E-state index in [0.29, 0.717) is 6.54 Å². The van der Waals surface area contributed by atoms with Crippen LogP contribution in [0.1, 0.15) is 0 Å². The average Bonchev–Trinajstić information content (AvgIpc) is 2.57. The molecule has 0 radical (unpaired) electrons. The van der Waals surface area contributed by atoms with E-state index in [0.717, 1.165) is 6.54 Å². The first-order valence-electron chi connectivity index (χ1n) is 3.76. The molecule has 0 atom stereocenters. The first kappa shape index (κ1) is 9.13. The molecule has 0 aliphatic rings. The Morgan fingerprint density at radius 2 is 2.08 bits per heavy atom. The summed E-state index contributed by atoms with van der Waals surface area (Å²) in [5.74, 6) is -0.0880. The summed E-state index contributed by atoms with van der Waals surface area (Å²) >= 11 is 5.29. The first-order valence-corrected chi connectivity index (χ1v) is 4.30. The van der Waals surface area contributed by atoms with Crippen LogP contribution in [0.25, 0.3) is 0 Å². The van der Waals surface area contributed by atoms with Crippen LogP contribution in [0, 0.1) is 0 Å². The zero-order valence-electron chi connectivity index (χ0n) is 6.66. The molecule has 0 saturated carbocycles. The van der Waals surface area contributed by atoms with Crippen LogP contribution >= 0.6 is 11.6 Å². The van der Waals surface area contributed by atoms with Crippen molar-refractivity contribution in [3.8, 4) is 0 Å². The lowest BCUT2D eigenvalue weighted by atomic mass is 10.5. The molecule has 0 aromatic carbocycles. The molecule has 12 heavy (non-hydrogen) atoms. The van der Waals surface area contributed by atoms with E-state index in [9.17, 15) is 4.79 Å². The SMILES string of the molecule is O=C(CCl)NCCn1cccc1. The molecule has 0 fully saturated rings. The van der Waals surface area contributed by atoms with Gasteiger partial charge in [0, 0.05) is 25.5 Å². The van der Waals surface area contributed by atoms with Gasteiger partial charge in [-0.3, -0.25) is 4.79 Å². The molecular formula is C8H11ClN2O. The third kappa shape index (κ3) is 2.96. The van der Waals surface area contributed by atoms with Gasteiger partial charge in [-0.05, 0) is 12.1 Å². The molecule has 0 aliphatic heterocycles. The zero-order valence-corrected chi connectivity index (χ0v) is 7.42. The summed E-state index contributed by atoms with van der Waals surface area (Å²) in [4.78, 5) is 10.7. The predicted molar refractivity (Wildman–Crippen MR) is 48.2 cm³/mol. The van der Waals surface area contributed by atoms with Crippen molar-refractivity contribution in [2.24, 2.45) is 0 Å². The third-order valence-electron chi connectivity index (χ3n) is 1.48. The fraction of sp³-hybridized carbons (Fsp3) is 0.375. The molecule has 0 bridgehead atoms. The molecule has 1 rings (SSSR count). The Labute approximate surface area is 76.3 Å². The minimum absolute atomic E-state index is 0.0334. The second kappa shape index (κ2) is 4.83. The summed E-state index contributed by atoms with van der Waals surface area (Å²) in [7, 11) is 0. The van der Waals surface area contributed by atoms with Crippen molar-refractivity contribution < 1.29 is 4.79 Å². The van der Waals surface area contributed by atoms with Gasteiger partial charge in [0.1, 0.15) is 5.88 Å². The van der Waals surface area contributed by atoms with Gasteiger partial charge >= 0.3 is 0 Å². The van der Waals surface area contributed by atoms with E-state index in [-0.39, 0.29) is 11.8 Å². The number of halogens is 1. The number of hydrogen-bond acceptors (Lipinski definition) is 1. The molecule has 1 N–H and O–H groups in total. The van der Waals surface area contributed by atoms with Gasteiger partial charge in [0.15, 0.2) is 0 Å². The fourth-order valence-electron chi connectivity index (χ4n) is 0.891. The highest BCUT2D eigenvalue weighted by Crippen LogP contribution is 1.87. The number of rotatable bonds is 4. The Morgan fingerprint density at radius 3 is 2.67 bits per heavy atom. The van der Waals surface area contributed by atoms with E-state index in [1.807, 2.05) is 29.1 Å². The van der Waals surface area contributed by atoms with Gasteiger partial charge in [-0.15, -0.1) is 11.6 Å². The molecule has 1 heterocycles. The smallest absolute Gasteiger partial charge is 0.234 e. The van der Waals surface area contributed by atoms with E-state index in [2.05, 4.69) is 5.32 Å². The fourth-order valence-corrected chi connectivity index (χ4v) is 0.985. The van der Waals surface area contributed by atoms with E-state index in [1.165, 1.54) is 0 Å². The van der Waals surface area contributed by atoms with E-state index in [4.69, 9.17) is 11.6 Å². The largest absolute Gasteiger partial charge is 0.353 e. The molecule has 0 spiro atoms. The highest BCUT2D eigenvalue weighted by molar-refractivity contribution is 6.27. The highest BCUT2D eigenvalue weighted by atomic mass is 35.5. The maximum atomic E-state index is 10.7. The molecule has 66 valence electrons. The zero-order chi connectivity index (χ0) is 8.81. The lowest BCUT2D eigenvalue weighted by Crippen LogP contribution is -2.27. The minimum Gasteiger partial charge on any atom is -0.353 e. The molecule has 0 aliphatic carbocycles. The maximum absolute atomic E-state index is 10.7. The minimum atomic E-state index is -0.121. The van der Waals surface area contributed by atoms with Crippen LogP contribution < -0.4 is 5.32 Å². The maximum Gasteiger partial charge on any atom is 0.234 e. The predicted octanol–water partition coefficient (Wildman–Crippen LogP) is 0.843. The van der Waals surface area contributed by atoms with Crippen molar-refractivity contribution in [2.45, 2.75) is 6.54 Å². The van der Waals surface area contributed by atoms with E-state index in [1.54, 1.807) is 0 Å². The third-order valence-corrected chi connectivity index (χ3v) is 1.72. The van der Waals surface area contributed by atoms with Gasteiger partial charge in [-0.25, -0.2) is 0 Å². The van der Waals surface area contributed by atoms with Crippen LogP contribution in [-0.4, -0.2) is 22.9 Å². The second-order valence-electron chi connectivity index (χ2n) is 2.40. The average molecular weight is 187 g/mol. The lowest BCUT2D eigenvalue weighted by Gasteiger charge is -2.03. The molecule has 1 aromatic rings. The van der Waals surface area contributed by atoms with Gasteiger partial charge in [0.2, 0.25) is 5.91 Å². The summed E-state index contributed by atoms with van der Waals surface area (Å²) in [6.07, 6.45) is 3.90. The Hall–Kier alpha value is -0.960. The Bertz CT molecular complexity index is 233. The van der Waals surface area contributed by atoms with Gasteiger partial charge in [-0.1, -0.05) is 0 Å². The first-order chi connectivity index (χ1) is 5.83. The highest BCUT2D eigenvalue weighted by Gasteiger charge is 1.95. The van der Waals surface area contributed by atoms with Gasteiger partial charge < -0.3 is 9.88 Å². The van der Waals surface area contributed by atoms with Crippen LogP contribution in [-0.2, 0) is 11.3 Å². The quantitative estimate of drug-likeness (QED) is 0.695. The van der Waals surface area contributed by atoms with Crippen LogP contribution in [0.2, 0.25) is 0 Å². The van der Waals surface area contributed by atoms with Gasteiger partial charge in [-0.2, -0.15) is 0 Å². The van der Waals surface area contributed by atoms with Crippen LogP contribution in [0.3, 0.4) is 0 Å². The van der Waals surface area contributed by atoms with Crippen molar-refractivity contribution >= 4 is 17.5 Å². The van der Waals surface area contributed by atoms with Gasteiger partial charge in [0.25, 0.3) is 0 Å². The molecule has 4 heteroatoms. The number of nitrogens with one attached hydrogen (secondary N) is 1. The number of carbonyl (C=O) groups is 1. The lowest BCUT2D eigenvalue weighted by molar-refractivity contribution is -0.118. The van der Waals surface area contributed by atoms with Gasteiger partial charge in [0.05, 0.1) is 0 Å². The number of aromatic nitrogens is 1. The summed E-state index contributed by atoms with van der Waals surface area (Å²) < 4.78 is 1.99. The summed E-state index contributed by atoms with van der Waals surface area (Å²) in [6.45, 7) is 1.41. The van der Waals surface area contributed by atoms with Crippen LogP contribution in [0.15, 0.2) is 24.5 Å². The number of alkyl halides is 1. The summed E-state index contributed by atoms with van der Waals surface area (Å²) in [6, 6.07) is 3.90.